The van der Waals surface area contributed by atoms with Gasteiger partial charge in [-0.05, 0) is 48.4 Å². The number of carbonyl (C=O) groups is 2. The lowest BCUT2D eigenvalue weighted by Crippen LogP contribution is -2.26. The highest BCUT2D eigenvalue weighted by Crippen LogP contribution is 2.25. The van der Waals surface area contributed by atoms with E-state index in [4.69, 9.17) is 14.3 Å². The molecule has 0 fully saturated rings. The Hall–Kier alpha value is -4.21. The molecule has 0 radical (unpaired) electrons. The highest BCUT2D eigenvalue weighted by molar-refractivity contribution is 6.07. The first-order valence-corrected chi connectivity index (χ1v) is 9.66. The normalized spacial score (nSPS) is 10.9. The van der Waals surface area contributed by atoms with E-state index >= 15 is 0 Å². The van der Waals surface area contributed by atoms with Crippen LogP contribution in [0.15, 0.2) is 77.7 Å². The SMILES string of the molecule is O=C(NCCc1ccncc1)c1cc(-c2ccco2)nc2ccccc12.O=C(O)C(F)(F)F. The number of benzene rings is 1. The fourth-order valence-electron chi connectivity index (χ4n) is 2.88. The lowest BCUT2D eigenvalue weighted by molar-refractivity contribution is -0.192. The summed E-state index contributed by atoms with van der Waals surface area (Å²) in [5.41, 5.74) is 3.14. The molecule has 1 aromatic carbocycles. The number of halogens is 3. The first kappa shape index (κ1) is 23.5. The maximum atomic E-state index is 12.8. The quantitative estimate of drug-likeness (QED) is 0.457. The van der Waals surface area contributed by atoms with Crippen molar-refractivity contribution in [1.82, 2.24) is 15.3 Å². The standard InChI is InChI=1S/C21H17N3O2.C2HF3O2/c25-21(23-12-9-15-7-10-22-11-8-15)17-14-19(20-6-3-13-26-20)24-18-5-2-1-4-16(17)18;3-2(4,5)1(6)7/h1-8,10-11,13-14H,9,12H2,(H,23,25);(H,6,7). The van der Waals surface area contributed by atoms with Crippen LogP contribution in [-0.2, 0) is 11.2 Å². The topological polar surface area (TPSA) is 105 Å². The third-order valence-corrected chi connectivity index (χ3v) is 4.43. The van der Waals surface area contributed by atoms with Crippen molar-refractivity contribution in [1.29, 1.82) is 0 Å². The van der Waals surface area contributed by atoms with E-state index in [9.17, 15) is 18.0 Å². The molecule has 0 atom stereocenters. The number of aliphatic carboxylic acids is 1. The zero-order valence-corrected chi connectivity index (χ0v) is 17.0. The first-order chi connectivity index (χ1) is 15.8. The summed E-state index contributed by atoms with van der Waals surface area (Å²) < 4.78 is 37.2. The number of fused-ring (bicyclic) bond motifs is 1. The number of carboxylic acids is 1. The molecule has 33 heavy (non-hydrogen) atoms. The molecule has 0 aliphatic rings. The van der Waals surface area contributed by atoms with E-state index in [1.807, 2.05) is 42.5 Å². The third kappa shape index (κ3) is 6.39. The van der Waals surface area contributed by atoms with E-state index < -0.39 is 12.1 Å². The average Bonchev–Trinajstić information content (AvgIpc) is 3.34. The van der Waals surface area contributed by atoms with Crippen LogP contribution in [0.5, 0.6) is 0 Å². The number of pyridine rings is 2. The van der Waals surface area contributed by atoms with Crippen molar-refractivity contribution in [2.45, 2.75) is 12.6 Å². The zero-order valence-electron chi connectivity index (χ0n) is 17.0. The van der Waals surface area contributed by atoms with Crippen LogP contribution in [0.3, 0.4) is 0 Å². The van der Waals surface area contributed by atoms with Gasteiger partial charge in [-0.15, -0.1) is 0 Å². The number of alkyl halides is 3. The number of nitrogens with zero attached hydrogens (tertiary/aromatic N) is 2. The number of aromatic nitrogens is 2. The second-order valence-corrected chi connectivity index (χ2v) is 6.71. The van der Waals surface area contributed by atoms with Gasteiger partial charge >= 0.3 is 12.1 Å². The van der Waals surface area contributed by atoms with Gasteiger partial charge in [0.2, 0.25) is 0 Å². The van der Waals surface area contributed by atoms with Crippen LogP contribution < -0.4 is 5.32 Å². The molecule has 1 amide bonds. The third-order valence-electron chi connectivity index (χ3n) is 4.43. The average molecular weight is 457 g/mol. The summed E-state index contributed by atoms with van der Waals surface area (Å²) in [6.45, 7) is 0.551. The van der Waals surface area contributed by atoms with Crippen LogP contribution in [0.2, 0.25) is 0 Å². The lowest BCUT2D eigenvalue weighted by Gasteiger charge is -2.10. The Morgan fingerprint density at radius 2 is 1.73 bits per heavy atom. The summed E-state index contributed by atoms with van der Waals surface area (Å²) in [7, 11) is 0. The van der Waals surface area contributed by atoms with Crippen molar-refractivity contribution in [2.24, 2.45) is 0 Å². The predicted octanol–water partition coefficient (Wildman–Crippen LogP) is 4.50. The van der Waals surface area contributed by atoms with E-state index in [-0.39, 0.29) is 5.91 Å². The number of hydrogen-bond acceptors (Lipinski definition) is 5. The van der Waals surface area contributed by atoms with Gasteiger partial charge in [0.15, 0.2) is 5.76 Å². The van der Waals surface area contributed by atoms with Gasteiger partial charge in [0.25, 0.3) is 5.91 Å². The summed E-state index contributed by atoms with van der Waals surface area (Å²) in [5, 5.41) is 10.9. The highest BCUT2D eigenvalue weighted by atomic mass is 19.4. The number of carboxylic acid groups (broad SMARTS) is 1. The number of carbonyl (C=O) groups excluding carboxylic acids is 1. The van der Waals surface area contributed by atoms with Gasteiger partial charge in [-0.1, -0.05) is 18.2 Å². The van der Waals surface area contributed by atoms with Crippen molar-refractivity contribution in [2.75, 3.05) is 6.54 Å². The number of hydrogen-bond donors (Lipinski definition) is 2. The largest absolute Gasteiger partial charge is 0.490 e. The van der Waals surface area contributed by atoms with E-state index in [1.165, 1.54) is 0 Å². The van der Waals surface area contributed by atoms with Crippen LogP contribution in [0, 0.1) is 0 Å². The summed E-state index contributed by atoms with van der Waals surface area (Å²) in [6, 6.07) is 16.9. The second-order valence-electron chi connectivity index (χ2n) is 6.71. The zero-order chi connectivity index (χ0) is 23.8. The van der Waals surface area contributed by atoms with E-state index in [1.54, 1.807) is 30.8 Å². The van der Waals surface area contributed by atoms with Gasteiger partial charge in [0, 0.05) is 24.3 Å². The Morgan fingerprint density at radius 3 is 2.36 bits per heavy atom. The van der Waals surface area contributed by atoms with Crippen molar-refractivity contribution in [3.05, 3.63) is 84.4 Å². The minimum Gasteiger partial charge on any atom is -0.475 e. The molecular weight excluding hydrogens is 439 g/mol. The molecular formula is C23H18F3N3O4. The highest BCUT2D eigenvalue weighted by Gasteiger charge is 2.38. The van der Waals surface area contributed by atoms with Gasteiger partial charge in [-0.2, -0.15) is 13.2 Å². The lowest BCUT2D eigenvalue weighted by atomic mass is 10.1. The maximum Gasteiger partial charge on any atom is 0.490 e. The molecule has 2 N–H and O–H groups in total. The molecule has 0 bridgehead atoms. The molecule has 0 spiro atoms. The summed E-state index contributed by atoms with van der Waals surface area (Å²) in [6.07, 6.45) is 0.773. The summed E-state index contributed by atoms with van der Waals surface area (Å²) in [4.78, 5) is 30.3. The van der Waals surface area contributed by atoms with Gasteiger partial charge in [-0.25, -0.2) is 9.78 Å². The first-order valence-electron chi connectivity index (χ1n) is 9.66. The van der Waals surface area contributed by atoms with Crippen molar-refractivity contribution < 1.29 is 32.3 Å². The number of rotatable bonds is 5. The van der Waals surface area contributed by atoms with Crippen LogP contribution in [0.4, 0.5) is 13.2 Å². The molecule has 0 saturated carbocycles. The second kappa shape index (κ2) is 10.4. The van der Waals surface area contributed by atoms with E-state index in [2.05, 4.69) is 15.3 Å². The minimum absolute atomic E-state index is 0.120. The fraction of sp³-hybridized carbons (Fsp3) is 0.130. The Labute approximate surface area is 185 Å². The van der Waals surface area contributed by atoms with Gasteiger partial charge in [0.05, 0.1) is 17.3 Å². The molecule has 170 valence electrons. The van der Waals surface area contributed by atoms with Crippen molar-refractivity contribution in [3.8, 4) is 11.5 Å². The van der Waals surface area contributed by atoms with E-state index in [0.29, 0.717) is 23.6 Å². The minimum atomic E-state index is -5.08. The summed E-state index contributed by atoms with van der Waals surface area (Å²) in [5.74, 6) is -2.24. The number of para-hydroxylation sites is 1. The number of furan rings is 1. The van der Waals surface area contributed by atoms with Gasteiger partial charge < -0.3 is 14.8 Å². The number of amides is 1. The molecule has 7 nitrogen and oxygen atoms in total. The molecule has 0 aliphatic carbocycles. The van der Waals surface area contributed by atoms with Crippen LogP contribution in [-0.4, -0.2) is 39.7 Å². The molecule has 3 heterocycles. The molecule has 3 aromatic heterocycles. The number of nitrogens with one attached hydrogen (secondary N) is 1. The Bertz CT molecular complexity index is 1230. The Balaban J connectivity index is 0.000000383. The van der Waals surface area contributed by atoms with E-state index in [0.717, 1.165) is 22.9 Å². The van der Waals surface area contributed by atoms with Crippen LogP contribution >= 0.6 is 0 Å². The van der Waals surface area contributed by atoms with Crippen molar-refractivity contribution in [3.63, 3.8) is 0 Å². The van der Waals surface area contributed by atoms with Crippen LogP contribution in [0.25, 0.3) is 22.4 Å². The van der Waals surface area contributed by atoms with Gasteiger partial charge in [-0.3, -0.25) is 9.78 Å². The smallest absolute Gasteiger partial charge is 0.475 e. The fourth-order valence-corrected chi connectivity index (χ4v) is 2.88. The molecule has 10 heteroatoms. The Morgan fingerprint density at radius 1 is 1.03 bits per heavy atom. The molecule has 0 aliphatic heterocycles. The molecule has 4 aromatic rings. The molecule has 0 unspecified atom stereocenters. The molecule has 0 saturated heterocycles. The predicted molar refractivity (Wildman–Crippen MR) is 113 cm³/mol. The van der Waals surface area contributed by atoms with Gasteiger partial charge in [0.1, 0.15) is 5.69 Å². The van der Waals surface area contributed by atoms with Crippen molar-refractivity contribution >= 4 is 22.8 Å². The maximum absolute atomic E-state index is 12.8. The van der Waals surface area contributed by atoms with Crippen LogP contribution in [0.1, 0.15) is 15.9 Å². The molecule has 4 rings (SSSR count). The summed E-state index contributed by atoms with van der Waals surface area (Å²) >= 11 is 0. The monoisotopic (exact) mass is 457 g/mol. The Kier molecular flexibility index (Phi) is 7.39.